The van der Waals surface area contributed by atoms with Crippen molar-refractivity contribution in [3.8, 4) is 5.75 Å². The molecule has 0 unspecified atom stereocenters. The summed E-state index contributed by atoms with van der Waals surface area (Å²) in [6.07, 6.45) is 0.0412. The van der Waals surface area contributed by atoms with Crippen LogP contribution in [0.4, 0.5) is 0 Å². The zero-order chi connectivity index (χ0) is 15.0. The van der Waals surface area contributed by atoms with Gasteiger partial charge in [0.15, 0.2) is 0 Å². The van der Waals surface area contributed by atoms with Crippen molar-refractivity contribution in [1.82, 2.24) is 0 Å². The summed E-state index contributed by atoms with van der Waals surface area (Å²) >= 11 is 0. The summed E-state index contributed by atoms with van der Waals surface area (Å²) < 4.78 is 10.5. The van der Waals surface area contributed by atoms with Crippen LogP contribution >= 0.6 is 0 Å². The first-order valence-corrected chi connectivity index (χ1v) is 6.30. The molecule has 0 saturated heterocycles. The van der Waals surface area contributed by atoms with Gasteiger partial charge >= 0.3 is 5.97 Å². The van der Waals surface area contributed by atoms with E-state index in [1.165, 1.54) is 0 Å². The fraction of sp³-hybridized carbons (Fsp3) is 0.462. The summed E-state index contributed by atoms with van der Waals surface area (Å²) in [7, 11) is 0. The van der Waals surface area contributed by atoms with Crippen molar-refractivity contribution in [2.75, 3.05) is 26.3 Å². The lowest BCUT2D eigenvalue weighted by Crippen LogP contribution is -2.53. The summed E-state index contributed by atoms with van der Waals surface area (Å²) in [5.74, 6) is -0.561. The number of carboxylic acid groups (broad SMARTS) is 1. The van der Waals surface area contributed by atoms with Gasteiger partial charge in [0.2, 0.25) is 5.72 Å². The minimum Gasteiger partial charge on any atom is -0.492 e. The number of hydrogen-bond acceptors (Lipinski definition) is 6. The number of ether oxygens (including phenoxy) is 2. The lowest BCUT2D eigenvalue weighted by Gasteiger charge is -2.25. The van der Waals surface area contributed by atoms with E-state index < -0.39 is 11.7 Å². The SMILES string of the molecule is NCCOc1ccc(C[C@](N)(OCCN)C(=O)O)cc1. The molecule has 0 aliphatic heterocycles. The highest BCUT2D eigenvalue weighted by molar-refractivity contribution is 5.77. The minimum absolute atomic E-state index is 0.0412. The summed E-state index contributed by atoms with van der Waals surface area (Å²) in [5.41, 5.74) is 15.3. The molecule has 0 bridgehead atoms. The molecule has 1 rings (SSSR count). The maximum atomic E-state index is 11.2. The Balaban J connectivity index is 2.71. The molecule has 112 valence electrons. The largest absolute Gasteiger partial charge is 0.492 e. The molecule has 1 aromatic carbocycles. The third-order valence-electron chi connectivity index (χ3n) is 2.62. The molecular weight excluding hydrogens is 262 g/mol. The summed E-state index contributed by atoms with van der Waals surface area (Å²) in [6, 6.07) is 6.94. The van der Waals surface area contributed by atoms with Gasteiger partial charge < -0.3 is 26.0 Å². The topological polar surface area (TPSA) is 134 Å². The Kier molecular flexibility index (Phi) is 6.40. The van der Waals surface area contributed by atoms with Gasteiger partial charge in [0, 0.05) is 19.5 Å². The van der Waals surface area contributed by atoms with Crippen LogP contribution < -0.4 is 21.9 Å². The van der Waals surface area contributed by atoms with Gasteiger partial charge in [-0.25, -0.2) is 4.79 Å². The van der Waals surface area contributed by atoms with Crippen LogP contribution in [0.15, 0.2) is 24.3 Å². The molecular formula is C13H21N3O4. The van der Waals surface area contributed by atoms with E-state index in [1.807, 2.05) is 0 Å². The van der Waals surface area contributed by atoms with Crippen molar-refractivity contribution >= 4 is 5.97 Å². The molecule has 7 heteroatoms. The number of carboxylic acids is 1. The van der Waals surface area contributed by atoms with Gasteiger partial charge in [0.05, 0.1) is 6.61 Å². The average molecular weight is 283 g/mol. The van der Waals surface area contributed by atoms with E-state index >= 15 is 0 Å². The van der Waals surface area contributed by atoms with E-state index in [2.05, 4.69) is 0 Å². The Labute approximate surface area is 117 Å². The number of benzene rings is 1. The van der Waals surface area contributed by atoms with Gasteiger partial charge in [-0.05, 0) is 17.7 Å². The fourth-order valence-electron chi connectivity index (χ4n) is 1.61. The number of hydrogen-bond donors (Lipinski definition) is 4. The van der Waals surface area contributed by atoms with Crippen LogP contribution in [-0.4, -0.2) is 43.1 Å². The van der Waals surface area contributed by atoms with Crippen molar-refractivity contribution in [1.29, 1.82) is 0 Å². The second kappa shape index (κ2) is 7.81. The second-order valence-electron chi connectivity index (χ2n) is 4.29. The number of nitrogens with two attached hydrogens (primary N) is 3. The molecule has 7 nitrogen and oxygen atoms in total. The molecule has 0 fully saturated rings. The highest BCUT2D eigenvalue weighted by atomic mass is 16.5. The first-order valence-electron chi connectivity index (χ1n) is 6.30. The predicted molar refractivity (Wildman–Crippen MR) is 74.3 cm³/mol. The van der Waals surface area contributed by atoms with E-state index in [0.29, 0.717) is 18.9 Å². The normalized spacial score (nSPS) is 13.8. The van der Waals surface area contributed by atoms with Crippen LogP contribution in [0, 0.1) is 0 Å². The molecule has 0 aliphatic carbocycles. The zero-order valence-corrected chi connectivity index (χ0v) is 11.2. The smallest absolute Gasteiger partial charge is 0.351 e. The van der Waals surface area contributed by atoms with E-state index in [0.717, 1.165) is 5.56 Å². The Bertz CT molecular complexity index is 424. The van der Waals surface area contributed by atoms with Gasteiger partial charge in [0.25, 0.3) is 0 Å². The molecule has 20 heavy (non-hydrogen) atoms. The van der Waals surface area contributed by atoms with Crippen LogP contribution in [0.2, 0.25) is 0 Å². The monoisotopic (exact) mass is 283 g/mol. The lowest BCUT2D eigenvalue weighted by molar-refractivity contribution is -0.165. The van der Waals surface area contributed by atoms with Gasteiger partial charge in [0.1, 0.15) is 12.4 Å². The summed E-state index contributed by atoms with van der Waals surface area (Å²) in [6.45, 7) is 1.15. The first kappa shape index (κ1) is 16.4. The maximum Gasteiger partial charge on any atom is 0.351 e. The number of rotatable bonds is 9. The average Bonchev–Trinajstić information content (AvgIpc) is 2.44. The number of aliphatic carboxylic acids is 1. The maximum absolute atomic E-state index is 11.2. The van der Waals surface area contributed by atoms with Crippen LogP contribution in [0.5, 0.6) is 5.75 Å². The minimum atomic E-state index is -1.78. The zero-order valence-electron chi connectivity index (χ0n) is 11.2. The van der Waals surface area contributed by atoms with Crippen molar-refractivity contribution in [3.05, 3.63) is 29.8 Å². The molecule has 0 aromatic heterocycles. The predicted octanol–water partition coefficient (Wildman–Crippen LogP) is -0.718. The van der Waals surface area contributed by atoms with Gasteiger partial charge in [-0.3, -0.25) is 5.73 Å². The van der Waals surface area contributed by atoms with Gasteiger partial charge in [-0.15, -0.1) is 0 Å². The van der Waals surface area contributed by atoms with Crippen molar-refractivity contribution in [3.63, 3.8) is 0 Å². The lowest BCUT2D eigenvalue weighted by atomic mass is 10.0. The van der Waals surface area contributed by atoms with Crippen molar-refractivity contribution < 1.29 is 19.4 Å². The first-order chi connectivity index (χ1) is 9.51. The fourth-order valence-corrected chi connectivity index (χ4v) is 1.61. The molecule has 0 radical (unpaired) electrons. The highest BCUT2D eigenvalue weighted by Crippen LogP contribution is 2.17. The molecule has 0 aliphatic rings. The standard InChI is InChI=1S/C13H21N3O4/c14-5-7-19-11-3-1-10(2-4-11)9-13(16,12(17)18)20-8-6-15/h1-4H,5-9,14-16H2,(H,17,18)/t13-/m0/s1. The summed E-state index contributed by atoms with van der Waals surface area (Å²) in [4.78, 5) is 11.2. The molecule has 7 N–H and O–H groups in total. The quantitative estimate of drug-likeness (QED) is 0.439. The number of carbonyl (C=O) groups is 1. The molecule has 0 amide bonds. The van der Waals surface area contributed by atoms with Crippen molar-refractivity contribution in [2.24, 2.45) is 17.2 Å². The van der Waals surface area contributed by atoms with Gasteiger partial charge in [-0.2, -0.15) is 0 Å². The molecule has 0 saturated carbocycles. The van der Waals surface area contributed by atoms with Crippen LogP contribution in [-0.2, 0) is 16.0 Å². The Morgan fingerprint density at radius 2 is 1.75 bits per heavy atom. The Morgan fingerprint density at radius 3 is 2.25 bits per heavy atom. The van der Waals surface area contributed by atoms with E-state index in [1.54, 1.807) is 24.3 Å². The third kappa shape index (κ3) is 4.78. The van der Waals surface area contributed by atoms with Crippen LogP contribution in [0.25, 0.3) is 0 Å². The molecule has 0 spiro atoms. The van der Waals surface area contributed by atoms with E-state index in [-0.39, 0.29) is 19.6 Å². The molecule has 1 aromatic rings. The van der Waals surface area contributed by atoms with Crippen LogP contribution in [0.1, 0.15) is 5.56 Å². The van der Waals surface area contributed by atoms with Gasteiger partial charge in [-0.1, -0.05) is 12.1 Å². The second-order valence-corrected chi connectivity index (χ2v) is 4.29. The van der Waals surface area contributed by atoms with Crippen LogP contribution in [0.3, 0.4) is 0 Å². The third-order valence-corrected chi connectivity index (χ3v) is 2.62. The van der Waals surface area contributed by atoms with Crippen molar-refractivity contribution in [2.45, 2.75) is 12.1 Å². The Morgan fingerprint density at radius 1 is 1.15 bits per heavy atom. The van der Waals surface area contributed by atoms with E-state index in [9.17, 15) is 4.79 Å². The molecule has 0 heterocycles. The highest BCUT2D eigenvalue weighted by Gasteiger charge is 2.35. The molecule has 1 atom stereocenters. The van der Waals surface area contributed by atoms with E-state index in [4.69, 9.17) is 31.8 Å². The Hall–Kier alpha value is -1.67. The summed E-state index contributed by atoms with van der Waals surface area (Å²) in [5, 5.41) is 9.16.